The van der Waals surface area contributed by atoms with Crippen molar-refractivity contribution in [2.75, 3.05) is 23.7 Å². The molecule has 0 aliphatic rings. The summed E-state index contributed by atoms with van der Waals surface area (Å²) in [5.41, 5.74) is 1.75. The van der Waals surface area contributed by atoms with Crippen LogP contribution in [0.1, 0.15) is 52.7 Å². The predicted molar refractivity (Wildman–Crippen MR) is 152 cm³/mol. The quantitative estimate of drug-likeness (QED) is 0.423. The zero-order valence-corrected chi connectivity index (χ0v) is 24.8. The van der Waals surface area contributed by atoms with E-state index in [2.05, 4.69) is 26.1 Å². The molecule has 7 nitrogen and oxygen atoms in total. The number of hydrogen-bond acceptors (Lipinski definition) is 4. The second-order valence-electron chi connectivity index (χ2n) is 10.6. The van der Waals surface area contributed by atoms with E-state index in [1.807, 2.05) is 26.0 Å². The summed E-state index contributed by atoms with van der Waals surface area (Å²) in [6.07, 6.45) is 1.05. The van der Waals surface area contributed by atoms with Gasteiger partial charge in [-0.05, 0) is 48.1 Å². The first-order chi connectivity index (χ1) is 17.0. The van der Waals surface area contributed by atoms with Crippen LogP contribution in [0.15, 0.2) is 42.5 Å². The molecular formula is C27H37Cl2N3O4S. The number of benzene rings is 2. The number of carbonyl (C=O) groups excluding carboxylic acids is 2. The fourth-order valence-electron chi connectivity index (χ4n) is 3.63. The van der Waals surface area contributed by atoms with E-state index in [0.29, 0.717) is 27.8 Å². The highest BCUT2D eigenvalue weighted by atomic mass is 35.5. The highest BCUT2D eigenvalue weighted by molar-refractivity contribution is 7.92. The van der Waals surface area contributed by atoms with E-state index in [9.17, 15) is 18.0 Å². The fraction of sp³-hybridized carbons (Fsp3) is 0.481. The second-order valence-corrected chi connectivity index (χ2v) is 13.3. The number of carbonyl (C=O) groups is 2. The molecule has 0 fully saturated rings. The summed E-state index contributed by atoms with van der Waals surface area (Å²) in [6, 6.07) is 11.1. The average molecular weight is 571 g/mol. The second kappa shape index (κ2) is 12.5. The van der Waals surface area contributed by atoms with E-state index in [4.69, 9.17) is 23.2 Å². The SMILES string of the molecule is CC(C)CNC(=O)C(C)N(Cc1c(Cl)cccc1Cl)C(=O)CN(c1ccc(C(C)(C)C)cc1)S(C)(=O)=O. The molecule has 2 amide bonds. The van der Waals surface area contributed by atoms with Crippen molar-refractivity contribution in [2.45, 2.75) is 59.5 Å². The number of halogens is 2. The average Bonchev–Trinajstić information content (AvgIpc) is 2.79. The molecule has 10 heteroatoms. The molecule has 0 aliphatic heterocycles. The lowest BCUT2D eigenvalue weighted by atomic mass is 9.87. The zero-order chi connectivity index (χ0) is 28.1. The molecular weight excluding hydrogens is 533 g/mol. The topological polar surface area (TPSA) is 86.8 Å². The summed E-state index contributed by atoms with van der Waals surface area (Å²) >= 11 is 12.7. The van der Waals surface area contributed by atoms with Crippen molar-refractivity contribution >= 4 is 50.7 Å². The van der Waals surface area contributed by atoms with Crippen LogP contribution < -0.4 is 9.62 Å². The molecule has 1 unspecified atom stereocenters. The number of hydrogen-bond donors (Lipinski definition) is 1. The van der Waals surface area contributed by atoms with Gasteiger partial charge in [-0.15, -0.1) is 0 Å². The van der Waals surface area contributed by atoms with Crippen molar-refractivity contribution in [1.82, 2.24) is 10.2 Å². The Kier molecular flexibility index (Phi) is 10.5. The minimum atomic E-state index is -3.82. The largest absolute Gasteiger partial charge is 0.354 e. The Morgan fingerprint density at radius 1 is 0.973 bits per heavy atom. The molecule has 1 atom stereocenters. The molecule has 2 aromatic carbocycles. The van der Waals surface area contributed by atoms with Crippen molar-refractivity contribution in [3.63, 3.8) is 0 Å². The Balaban J connectivity index is 2.44. The molecule has 2 rings (SSSR count). The molecule has 0 heterocycles. The lowest BCUT2D eigenvalue weighted by Crippen LogP contribution is -2.51. The van der Waals surface area contributed by atoms with Crippen molar-refractivity contribution in [2.24, 2.45) is 5.92 Å². The lowest BCUT2D eigenvalue weighted by Gasteiger charge is -2.32. The van der Waals surface area contributed by atoms with Gasteiger partial charge >= 0.3 is 0 Å². The molecule has 0 radical (unpaired) electrons. The maximum Gasteiger partial charge on any atom is 0.244 e. The number of rotatable bonds is 10. The first-order valence-corrected chi connectivity index (χ1v) is 14.7. The van der Waals surface area contributed by atoms with E-state index in [1.54, 1.807) is 37.3 Å². The Morgan fingerprint density at radius 3 is 1.97 bits per heavy atom. The van der Waals surface area contributed by atoms with Gasteiger partial charge in [0.25, 0.3) is 0 Å². The van der Waals surface area contributed by atoms with Gasteiger partial charge in [0.05, 0.1) is 11.9 Å². The minimum absolute atomic E-state index is 0.0613. The molecule has 2 aromatic rings. The van der Waals surface area contributed by atoms with Crippen LogP contribution in [0.4, 0.5) is 5.69 Å². The van der Waals surface area contributed by atoms with Crippen LogP contribution in [0.5, 0.6) is 0 Å². The van der Waals surface area contributed by atoms with E-state index in [-0.39, 0.29) is 23.8 Å². The van der Waals surface area contributed by atoms with Crippen LogP contribution >= 0.6 is 23.2 Å². The summed E-state index contributed by atoms with van der Waals surface area (Å²) in [6.45, 7) is 11.6. The zero-order valence-electron chi connectivity index (χ0n) is 22.5. The molecule has 204 valence electrons. The summed E-state index contributed by atoms with van der Waals surface area (Å²) in [7, 11) is -3.82. The molecule has 0 aromatic heterocycles. The van der Waals surface area contributed by atoms with E-state index < -0.39 is 28.5 Å². The van der Waals surface area contributed by atoms with Gasteiger partial charge < -0.3 is 10.2 Å². The third-order valence-electron chi connectivity index (χ3n) is 5.94. The van der Waals surface area contributed by atoms with Crippen LogP contribution in [0.25, 0.3) is 0 Å². The Bertz CT molecular complexity index is 1190. The van der Waals surface area contributed by atoms with Crippen molar-refractivity contribution in [3.05, 3.63) is 63.6 Å². The van der Waals surface area contributed by atoms with E-state index >= 15 is 0 Å². The molecule has 0 saturated heterocycles. The monoisotopic (exact) mass is 569 g/mol. The smallest absolute Gasteiger partial charge is 0.244 e. The van der Waals surface area contributed by atoms with Gasteiger partial charge in [-0.3, -0.25) is 13.9 Å². The highest BCUT2D eigenvalue weighted by Gasteiger charge is 2.31. The van der Waals surface area contributed by atoms with Crippen LogP contribution in [0.3, 0.4) is 0 Å². The Hall–Kier alpha value is -2.29. The van der Waals surface area contributed by atoms with Gasteiger partial charge in [-0.25, -0.2) is 8.42 Å². The number of nitrogens with zero attached hydrogens (tertiary/aromatic N) is 2. The number of sulfonamides is 1. The molecule has 1 N–H and O–H groups in total. The van der Waals surface area contributed by atoms with Gasteiger partial charge in [0.2, 0.25) is 21.8 Å². The summed E-state index contributed by atoms with van der Waals surface area (Å²) in [4.78, 5) is 27.9. The molecule has 0 saturated carbocycles. The minimum Gasteiger partial charge on any atom is -0.354 e. The molecule has 37 heavy (non-hydrogen) atoms. The van der Waals surface area contributed by atoms with E-state index in [1.165, 1.54) is 4.90 Å². The summed E-state index contributed by atoms with van der Waals surface area (Å²) < 4.78 is 26.5. The van der Waals surface area contributed by atoms with Crippen LogP contribution in [-0.2, 0) is 31.6 Å². The van der Waals surface area contributed by atoms with E-state index in [0.717, 1.165) is 16.1 Å². The number of amides is 2. The van der Waals surface area contributed by atoms with Crippen LogP contribution in [0, 0.1) is 5.92 Å². The third-order valence-corrected chi connectivity index (χ3v) is 7.79. The summed E-state index contributed by atoms with van der Waals surface area (Å²) in [5.74, 6) is -0.700. The Morgan fingerprint density at radius 2 is 1.51 bits per heavy atom. The number of anilines is 1. The van der Waals surface area contributed by atoms with Gasteiger partial charge in [-0.1, -0.05) is 76.0 Å². The Labute approximate surface area is 231 Å². The molecule has 0 aliphatic carbocycles. The maximum absolute atomic E-state index is 13.7. The van der Waals surface area contributed by atoms with Gasteiger partial charge in [0.15, 0.2) is 0 Å². The first kappa shape index (κ1) is 30.9. The van der Waals surface area contributed by atoms with Crippen LogP contribution in [0.2, 0.25) is 10.0 Å². The van der Waals surface area contributed by atoms with Crippen molar-refractivity contribution in [3.8, 4) is 0 Å². The first-order valence-electron chi connectivity index (χ1n) is 12.1. The number of nitrogens with one attached hydrogen (secondary N) is 1. The fourth-order valence-corrected chi connectivity index (χ4v) is 5.00. The van der Waals surface area contributed by atoms with Gasteiger partial charge in [0.1, 0.15) is 12.6 Å². The molecule has 0 bridgehead atoms. The van der Waals surface area contributed by atoms with Gasteiger partial charge in [-0.2, -0.15) is 0 Å². The summed E-state index contributed by atoms with van der Waals surface area (Å²) in [5, 5.41) is 3.53. The maximum atomic E-state index is 13.7. The van der Waals surface area contributed by atoms with Crippen molar-refractivity contribution in [1.29, 1.82) is 0 Å². The predicted octanol–water partition coefficient (Wildman–Crippen LogP) is 5.25. The lowest BCUT2D eigenvalue weighted by molar-refractivity contribution is -0.139. The third kappa shape index (κ3) is 8.62. The highest BCUT2D eigenvalue weighted by Crippen LogP contribution is 2.28. The van der Waals surface area contributed by atoms with Crippen LogP contribution in [-0.4, -0.2) is 50.5 Å². The van der Waals surface area contributed by atoms with Gasteiger partial charge in [0, 0.05) is 28.7 Å². The standard InChI is InChI=1S/C27H37Cl2N3O4S/c1-18(2)15-30-26(34)19(3)31(16-22-23(28)9-8-10-24(22)29)25(33)17-32(37(7,35)36)21-13-11-20(12-14-21)27(4,5)6/h8-14,18-19H,15-17H2,1-7H3,(H,30,34). The molecule has 0 spiro atoms. The normalized spacial score (nSPS) is 12.8. The van der Waals surface area contributed by atoms with Crippen molar-refractivity contribution < 1.29 is 18.0 Å².